The first-order chi connectivity index (χ1) is 9.08. The SMILES string of the molecule is CC1CN(C(=O)CNC(C)(C)C(C)(C)C(=O)O)CCO1. The highest BCUT2D eigenvalue weighted by molar-refractivity contribution is 5.79. The zero-order valence-electron chi connectivity index (χ0n) is 13.0. The van der Waals surface area contributed by atoms with Gasteiger partial charge in [0.15, 0.2) is 0 Å². The maximum Gasteiger partial charge on any atom is 0.310 e. The molecular weight excluding hydrogens is 260 g/mol. The third-order valence-corrected chi connectivity index (χ3v) is 4.37. The first-order valence-electron chi connectivity index (χ1n) is 6.96. The van der Waals surface area contributed by atoms with Crippen molar-refractivity contribution < 1.29 is 19.4 Å². The fourth-order valence-corrected chi connectivity index (χ4v) is 1.94. The van der Waals surface area contributed by atoms with Crippen molar-refractivity contribution in [2.75, 3.05) is 26.2 Å². The molecule has 1 amide bonds. The molecule has 2 N–H and O–H groups in total. The van der Waals surface area contributed by atoms with Crippen molar-refractivity contribution >= 4 is 11.9 Å². The molecule has 1 fully saturated rings. The van der Waals surface area contributed by atoms with Crippen LogP contribution in [-0.2, 0) is 14.3 Å². The van der Waals surface area contributed by atoms with E-state index in [2.05, 4.69) is 5.32 Å². The molecule has 0 spiro atoms. The molecule has 0 saturated carbocycles. The van der Waals surface area contributed by atoms with Gasteiger partial charge < -0.3 is 20.1 Å². The van der Waals surface area contributed by atoms with Gasteiger partial charge in [0.05, 0.1) is 24.7 Å². The summed E-state index contributed by atoms with van der Waals surface area (Å²) < 4.78 is 5.40. The van der Waals surface area contributed by atoms with Crippen LogP contribution in [0.3, 0.4) is 0 Å². The van der Waals surface area contributed by atoms with E-state index in [1.54, 1.807) is 32.6 Å². The lowest BCUT2D eigenvalue weighted by Gasteiger charge is -2.39. The Morgan fingerprint density at radius 1 is 1.35 bits per heavy atom. The molecule has 1 unspecified atom stereocenters. The number of rotatable bonds is 5. The van der Waals surface area contributed by atoms with Crippen molar-refractivity contribution in [3.8, 4) is 0 Å². The second-order valence-corrected chi connectivity index (χ2v) is 6.43. The van der Waals surface area contributed by atoms with Crippen LogP contribution in [-0.4, -0.2) is 59.8 Å². The van der Waals surface area contributed by atoms with E-state index in [1.807, 2.05) is 6.92 Å². The Hall–Kier alpha value is -1.14. The second-order valence-electron chi connectivity index (χ2n) is 6.43. The third-order valence-electron chi connectivity index (χ3n) is 4.37. The molecule has 1 aliphatic rings. The van der Waals surface area contributed by atoms with Gasteiger partial charge in [-0.2, -0.15) is 0 Å². The first kappa shape index (κ1) is 16.9. The summed E-state index contributed by atoms with van der Waals surface area (Å²) in [5.41, 5.74) is -1.65. The topological polar surface area (TPSA) is 78.9 Å². The molecule has 1 atom stereocenters. The van der Waals surface area contributed by atoms with Crippen molar-refractivity contribution in [2.24, 2.45) is 5.41 Å². The van der Waals surface area contributed by atoms with E-state index < -0.39 is 16.9 Å². The van der Waals surface area contributed by atoms with Crippen LogP contribution < -0.4 is 5.32 Å². The zero-order chi connectivity index (χ0) is 15.6. The van der Waals surface area contributed by atoms with Gasteiger partial charge in [-0.3, -0.25) is 9.59 Å². The van der Waals surface area contributed by atoms with E-state index in [1.165, 1.54) is 0 Å². The molecule has 1 aliphatic heterocycles. The zero-order valence-corrected chi connectivity index (χ0v) is 13.0. The van der Waals surface area contributed by atoms with Gasteiger partial charge in [-0.25, -0.2) is 0 Å². The minimum absolute atomic E-state index is 0.0191. The number of morpholine rings is 1. The van der Waals surface area contributed by atoms with E-state index in [4.69, 9.17) is 4.74 Å². The average Bonchev–Trinajstić information content (AvgIpc) is 2.35. The van der Waals surface area contributed by atoms with Crippen molar-refractivity contribution in [2.45, 2.75) is 46.3 Å². The summed E-state index contributed by atoms with van der Waals surface area (Å²) in [6, 6.07) is 0. The number of carbonyl (C=O) groups excluding carboxylic acids is 1. The Morgan fingerprint density at radius 3 is 2.45 bits per heavy atom. The van der Waals surface area contributed by atoms with Crippen LogP contribution in [0, 0.1) is 5.41 Å². The maximum absolute atomic E-state index is 12.1. The number of hydrogen-bond acceptors (Lipinski definition) is 4. The third kappa shape index (κ3) is 3.70. The number of nitrogens with one attached hydrogen (secondary N) is 1. The van der Waals surface area contributed by atoms with Crippen molar-refractivity contribution in [3.63, 3.8) is 0 Å². The fourth-order valence-electron chi connectivity index (χ4n) is 1.94. The Kier molecular flexibility index (Phi) is 5.15. The van der Waals surface area contributed by atoms with Crippen LogP contribution in [0.2, 0.25) is 0 Å². The van der Waals surface area contributed by atoms with E-state index in [0.29, 0.717) is 19.7 Å². The smallest absolute Gasteiger partial charge is 0.310 e. The Morgan fingerprint density at radius 2 is 1.95 bits per heavy atom. The van der Waals surface area contributed by atoms with E-state index in [-0.39, 0.29) is 18.6 Å². The predicted octanol–water partition coefficient (Wildman–Crippen LogP) is 0.713. The molecule has 0 bridgehead atoms. The van der Waals surface area contributed by atoms with Gasteiger partial charge in [-0.1, -0.05) is 0 Å². The predicted molar refractivity (Wildman–Crippen MR) is 75.5 cm³/mol. The summed E-state index contributed by atoms with van der Waals surface area (Å²) in [4.78, 5) is 25.2. The van der Waals surface area contributed by atoms with Gasteiger partial charge in [-0.05, 0) is 34.6 Å². The van der Waals surface area contributed by atoms with E-state index in [9.17, 15) is 14.7 Å². The van der Waals surface area contributed by atoms with Crippen LogP contribution >= 0.6 is 0 Å². The molecule has 0 aromatic carbocycles. The maximum atomic E-state index is 12.1. The summed E-state index contributed by atoms with van der Waals surface area (Å²) in [6.45, 7) is 10.7. The summed E-state index contributed by atoms with van der Waals surface area (Å²) in [5, 5.41) is 12.4. The van der Waals surface area contributed by atoms with Crippen LogP contribution in [0.15, 0.2) is 0 Å². The number of carboxylic acid groups (broad SMARTS) is 1. The molecule has 6 nitrogen and oxygen atoms in total. The number of aliphatic carboxylic acids is 1. The molecule has 1 saturated heterocycles. The van der Waals surface area contributed by atoms with Gasteiger partial charge in [0.25, 0.3) is 0 Å². The number of hydrogen-bond donors (Lipinski definition) is 2. The number of nitrogens with zero attached hydrogens (tertiary/aromatic N) is 1. The van der Waals surface area contributed by atoms with Gasteiger partial charge in [0, 0.05) is 18.6 Å². The van der Waals surface area contributed by atoms with Crippen LogP contribution in [0.5, 0.6) is 0 Å². The van der Waals surface area contributed by atoms with Crippen molar-refractivity contribution in [1.82, 2.24) is 10.2 Å². The lowest BCUT2D eigenvalue weighted by molar-refractivity contribution is -0.152. The molecule has 0 aromatic heterocycles. The van der Waals surface area contributed by atoms with Crippen LogP contribution in [0.4, 0.5) is 0 Å². The van der Waals surface area contributed by atoms with Gasteiger partial charge in [0.2, 0.25) is 5.91 Å². The van der Waals surface area contributed by atoms with E-state index >= 15 is 0 Å². The first-order valence-corrected chi connectivity index (χ1v) is 6.96. The minimum atomic E-state index is -0.967. The normalized spacial score (nSPS) is 20.9. The average molecular weight is 286 g/mol. The Labute approximate surface area is 120 Å². The summed E-state index contributed by atoms with van der Waals surface area (Å²) in [7, 11) is 0. The molecule has 1 rings (SSSR count). The Bertz CT molecular complexity index is 379. The number of ether oxygens (including phenoxy) is 1. The number of amides is 1. The minimum Gasteiger partial charge on any atom is -0.481 e. The second kappa shape index (κ2) is 6.10. The fraction of sp³-hybridized carbons (Fsp3) is 0.857. The molecule has 0 aromatic rings. The molecule has 1 heterocycles. The molecule has 116 valence electrons. The van der Waals surface area contributed by atoms with Crippen LogP contribution in [0.25, 0.3) is 0 Å². The standard InChI is InChI=1S/C14H26N2O4/c1-10-9-16(6-7-20-10)11(17)8-15-14(4,5)13(2,3)12(18)19/h10,15H,6-9H2,1-5H3,(H,18,19). The summed E-state index contributed by atoms with van der Waals surface area (Å²) >= 11 is 0. The quantitative estimate of drug-likeness (QED) is 0.778. The monoisotopic (exact) mass is 286 g/mol. The van der Waals surface area contributed by atoms with Crippen molar-refractivity contribution in [1.29, 1.82) is 0 Å². The van der Waals surface area contributed by atoms with Crippen LogP contribution in [0.1, 0.15) is 34.6 Å². The molecule has 20 heavy (non-hydrogen) atoms. The van der Waals surface area contributed by atoms with Crippen molar-refractivity contribution in [3.05, 3.63) is 0 Å². The van der Waals surface area contributed by atoms with E-state index in [0.717, 1.165) is 0 Å². The molecule has 0 radical (unpaired) electrons. The van der Waals surface area contributed by atoms with Gasteiger partial charge >= 0.3 is 5.97 Å². The molecule has 6 heteroatoms. The number of carboxylic acids is 1. The number of carbonyl (C=O) groups is 2. The highest BCUT2D eigenvalue weighted by Gasteiger charge is 2.43. The van der Waals surface area contributed by atoms with Gasteiger partial charge in [-0.15, -0.1) is 0 Å². The lowest BCUT2D eigenvalue weighted by atomic mass is 9.74. The largest absolute Gasteiger partial charge is 0.481 e. The highest BCUT2D eigenvalue weighted by atomic mass is 16.5. The summed E-state index contributed by atoms with van der Waals surface area (Å²) in [6.07, 6.45) is 0.0520. The molecule has 0 aliphatic carbocycles. The molecular formula is C14H26N2O4. The highest BCUT2D eigenvalue weighted by Crippen LogP contribution is 2.30. The van der Waals surface area contributed by atoms with Gasteiger partial charge in [0.1, 0.15) is 0 Å². The summed E-state index contributed by atoms with van der Waals surface area (Å²) in [5.74, 6) is -0.906. The Balaban J connectivity index is 2.57. The lowest BCUT2D eigenvalue weighted by Crippen LogP contribution is -2.58.